The van der Waals surface area contributed by atoms with Gasteiger partial charge in [0.05, 0.1) is 10.6 Å². The highest BCUT2D eigenvalue weighted by atomic mass is 32.2. The van der Waals surface area contributed by atoms with E-state index < -0.39 is 10.0 Å². The number of hydrogen-bond donors (Lipinski definition) is 2. The van der Waals surface area contributed by atoms with Gasteiger partial charge in [0.25, 0.3) is 10.0 Å². The molecule has 2 aromatic rings. The first-order chi connectivity index (χ1) is 13.4. The number of aliphatic imine (C=N–C) groups is 1. The van der Waals surface area contributed by atoms with Gasteiger partial charge in [-0.3, -0.25) is 14.5 Å². The summed E-state index contributed by atoms with van der Waals surface area (Å²) in [5.74, 6) is 1.37. The van der Waals surface area contributed by atoms with Crippen LogP contribution in [0.15, 0.2) is 58.4 Å². The zero-order chi connectivity index (χ0) is 20.0. The Morgan fingerprint density at radius 2 is 2.00 bits per heavy atom. The third kappa shape index (κ3) is 5.59. The molecular formula is C20H23N3O3S2. The molecule has 0 atom stereocenters. The van der Waals surface area contributed by atoms with E-state index >= 15 is 0 Å². The number of amidine groups is 1. The normalized spacial score (nSPS) is 13.8. The molecule has 0 unspecified atom stereocenters. The van der Waals surface area contributed by atoms with Crippen molar-refractivity contribution in [3.05, 3.63) is 59.7 Å². The second-order valence-corrected chi connectivity index (χ2v) is 9.20. The molecule has 3 rings (SSSR count). The molecule has 8 heteroatoms. The number of benzene rings is 2. The summed E-state index contributed by atoms with van der Waals surface area (Å²) in [6, 6.07) is 14.3. The molecule has 0 fully saturated rings. The quantitative estimate of drug-likeness (QED) is 0.723. The summed E-state index contributed by atoms with van der Waals surface area (Å²) >= 11 is 1.52. The highest BCUT2D eigenvalue weighted by Crippen LogP contribution is 2.18. The van der Waals surface area contributed by atoms with Crippen molar-refractivity contribution in [1.29, 1.82) is 0 Å². The molecule has 2 aromatic carbocycles. The zero-order valence-corrected chi connectivity index (χ0v) is 17.3. The van der Waals surface area contributed by atoms with E-state index in [1.165, 1.54) is 35.0 Å². The second-order valence-electron chi connectivity index (χ2n) is 6.53. The molecule has 0 aromatic heterocycles. The number of aryl methyl sites for hydroxylation is 1. The van der Waals surface area contributed by atoms with Gasteiger partial charge in [-0.25, -0.2) is 8.42 Å². The van der Waals surface area contributed by atoms with E-state index in [2.05, 4.69) is 21.1 Å². The van der Waals surface area contributed by atoms with Gasteiger partial charge >= 0.3 is 0 Å². The number of anilines is 1. The van der Waals surface area contributed by atoms with Gasteiger partial charge in [-0.2, -0.15) is 0 Å². The molecule has 0 aliphatic carbocycles. The summed E-state index contributed by atoms with van der Waals surface area (Å²) < 4.78 is 27.5. The van der Waals surface area contributed by atoms with Crippen molar-refractivity contribution in [2.24, 2.45) is 4.99 Å². The monoisotopic (exact) mass is 417 g/mol. The smallest absolute Gasteiger partial charge is 0.262 e. The fourth-order valence-corrected chi connectivity index (χ4v) is 4.84. The third-order valence-corrected chi connectivity index (χ3v) is 6.67. The molecule has 0 saturated heterocycles. The summed E-state index contributed by atoms with van der Waals surface area (Å²) in [5.41, 5.74) is 2.86. The molecule has 2 N–H and O–H groups in total. The number of hydrogen-bond acceptors (Lipinski definition) is 5. The first-order valence-electron chi connectivity index (χ1n) is 9.02. The van der Waals surface area contributed by atoms with Crippen molar-refractivity contribution in [2.45, 2.75) is 30.4 Å². The summed E-state index contributed by atoms with van der Waals surface area (Å²) in [6.45, 7) is 2.70. The Labute approximate surface area is 169 Å². The minimum atomic E-state index is -3.70. The van der Waals surface area contributed by atoms with Gasteiger partial charge in [0, 0.05) is 24.4 Å². The van der Waals surface area contributed by atoms with Gasteiger partial charge in [-0.1, -0.05) is 30.3 Å². The van der Waals surface area contributed by atoms with Gasteiger partial charge in [0.15, 0.2) is 0 Å². The summed E-state index contributed by atoms with van der Waals surface area (Å²) in [7, 11) is -3.70. The van der Waals surface area contributed by atoms with Crippen LogP contribution in [0.3, 0.4) is 0 Å². The number of nitrogens with zero attached hydrogens (tertiary/aromatic N) is 1. The lowest BCUT2D eigenvalue weighted by Gasteiger charge is -2.10. The van der Waals surface area contributed by atoms with Gasteiger partial charge in [-0.15, -0.1) is 11.8 Å². The number of thioether (sulfide) groups is 1. The van der Waals surface area contributed by atoms with Crippen molar-refractivity contribution >= 4 is 39.2 Å². The Morgan fingerprint density at radius 3 is 2.75 bits per heavy atom. The minimum Gasteiger partial charge on any atom is -0.325 e. The molecule has 1 heterocycles. The molecule has 0 radical (unpaired) electrons. The van der Waals surface area contributed by atoms with Crippen LogP contribution in [-0.2, 0) is 20.6 Å². The molecular weight excluding hydrogens is 394 g/mol. The van der Waals surface area contributed by atoms with Crippen LogP contribution in [0.2, 0.25) is 0 Å². The molecule has 28 heavy (non-hydrogen) atoms. The lowest BCUT2D eigenvalue weighted by molar-refractivity contribution is -0.113. The molecule has 0 spiro atoms. The average molecular weight is 418 g/mol. The standard InChI is InChI=1S/C20H23N3O3S2/c1-15-6-2-3-7-16(15)13-27-14-20(24)22-17-8-4-9-18(12-17)28(25,26)23-19-10-5-11-21-19/h2-4,6-9,12H,5,10-11,13-14H2,1H3,(H,21,23)(H,22,24). The highest BCUT2D eigenvalue weighted by molar-refractivity contribution is 7.99. The van der Waals surface area contributed by atoms with Crippen molar-refractivity contribution in [2.75, 3.05) is 17.6 Å². The number of nitrogens with one attached hydrogen (secondary N) is 2. The number of carbonyl (C=O) groups excluding carboxylic acids is 1. The number of carbonyl (C=O) groups is 1. The van der Waals surface area contributed by atoms with E-state index in [0.29, 0.717) is 30.2 Å². The van der Waals surface area contributed by atoms with Crippen LogP contribution in [0.5, 0.6) is 0 Å². The fraction of sp³-hybridized carbons (Fsp3) is 0.300. The van der Waals surface area contributed by atoms with Gasteiger partial charge in [-0.05, 0) is 42.7 Å². The molecule has 1 amide bonds. The van der Waals surface area contributed by atoms with Crippen LogP contribution in [-0.4, -0.2) is 32.5 Å². The van der Waals surface area contributed by atoms with Gasteiger partial charge in [0.2, 0.25) is 5.91 Å². The molecule has 1 aliphatic rings. The van der Waals surface area contributed by atoms with Crippen molar-refractivity contribution in [1.82, 2.24) is 4.72 Å². The van der Waals surface area contributed by atoms with E-state index in [-0.39, 0.29) is 10.8 Å². The Kier molecular flexibility index (Phi) is 6.74. The molecule has 0 bridgehead atoms. The molecule has 1 aliphatic heterocycles. The van der Waals surface area contributed by atoms with E-state index in [1.807, 2.05) is 25.1 Å². The first kappa shape index (κ1) is 20.4. The molecule has 148 valence electrons. The summed E-state index contributed by atoms with van der Waals surface area (Å²) in [4.78, 5) is 16.5. The maximum absolute atomic E-state index is 12.5. The van der Waals surface area contributed by atoms with E-state index in [9.17, 15) is 13.2 Å². The van der Waals surface area contributed by atoms with Crippen molar-refractivity contribution in [3.63, 3.8) is 0 Å². The fourth-order valence-electron chi connectivity index (χ4n) is 2.80. The van der Waals surface area contributed by atoms with E-state index in [4.69, 9.17) is 0 Å². The van der Waals surface area contributed by atoms with Crippen molar-refractivity contribution in [3.8, 4) is 0 Å². The topological polar surface area (TPSA) is 87.6 Å². The first-order valence-corrected chi connectivity index (χ1v) is 11.7. The SMILES string of the molecule is Cc1ccccc1CSCC(=O)Nc1cccc(S(=O)(=O)NC2=NCCC2)c1. The predicted octanol–water partition coefficient (Wildman–Crippen LogP) is 3.34. The van der Waals surface area contributed by atoms with Gasteiger partial charge in [0.1, 0.15) is 5.84 Å². The Balaban J connectivity index is 1.56. The van der Waals surface area contributed by atoms with Crippen LogP contribution in [0.25, 0.3) is 0 Å². The average Bonchev–Trinajstić information content (AvgIpc) is 3.16. The summed E-state index contributed by atoms with van der Waals surface area (Å²) in [6.07, 6.45) is 1.49. The second kappa shape index (κ2) is 9.25. The minimum absolute atomic E-state index is 0.104. The largest absolute Gasteiger partial charge is 0.325 e. The summed E-state index contributed by atoms with van der Waals surface area (Å²) in [5, 5.41) is 2.77. The van der Waals surface area contributed by atoms with Crippen LogP contribution in [0.1, 0.15) is 24.0 Å². The van der Waals surface area contributed by atoms with E-state index in [1.54, 1.807) is 12.1 Å². The lowest BCUT2D eigenvalue weighted by Crippen LogP contribution is -2.29. The zero-order valence-electron chi connectivity index (χ0n) is 15.6. The van der Waals surface area contributed by atoms with Crippen LogP contribution < -0.4 is 10.0 Å². The third-order valence-electron chi connectivity index (χ3n) is 4.31. The number of rotatable bonds is 7. The maximum atomic E-state index is 12.5. The Morgan fingerprint density at radius 1 is 1.18 bits per heavy atom. The maximum Gasteiger partial charge on any atom is 0.262 e. The predicted molar refractivity (Wildman–Crippen MR) is 114 cm³/mol. The molecule has 6 nitrogen and oxygen atoms in total. The van der Waals surface area contributed by atoms with Crippen LogP contribution in [0, 0.1) is 6.92 Å². The number of sulfonamides is 1. The Bertz CT molecular complexity index is 988. The lowest BCUT2D eigenvalue weighted by atomic mass is 10.1. The van der Waals surface area contributed by atoms with E-state index in [0.717, 1.165) is 12.2 Å². The Hall–Kier alpha value is -2.32. The number of amides is 1. The highest BCUT2D eigenvalue weighted by Gasteiger charge is 2.18. The van der Waals surface area contributed by atoms with Gasteiger partial charge < -0.3 is 5.32 Å². The van der Waals surface area contributed by atoms with Crippen LogP contribution in [0.4, 0.5) is 5.69 Å². The molecule has 0 saturated carbocycles. The van der Waals surface area contributed by atoms with Crippen molar-refractivity contribution < 1.29 is 13.2 Å². The van der Waals surface area contributed by atoms with Crippen LogP contribution >= 0.6 is 11.8 Å².